The molecule has 1 aromatic heterocycles. The molecule has 0 spiro atoms. The summed E-state index contributed by atoms with van der Waals surface area (Å²) in [5.74, 6) is 0.0866. The number of nitrogens with one attached hydrogen (secondary N) is 1. The molecule has 2 aromatic rings. The van der Waals surface area contributed by atoms with Crippen molar-refractivity contribution in [1.82, 2.24) is 15.5 Å². The molecular weight excluding hydrogens is 298 g/mol. The standard InChI is InChI=1S/C16H21N3O4/c1-10(2)22-9-14-18-15(19-23-14)11(3)17-8-12-4-6-13(7-5-12)16(20)21/h4-7,10-11,17H,8-9H2,1-3H3,(H,20,21). The van der Waals surface area contributed by atoms with Crippen LogP contribution < -0.4 is 5.32 Å². The second-order valence-corrected chi connectivity index (χ2v) is 5.51. The lowest BCUT2D eigenvalue weighted by atomic mass is 10.1. The fourth-order valence-corrected chi connectivity index (χ4v) is 1.87. The molecule has 124 valence electrons. The fourth-order valence-electron chi connectivity index (χ4n) is 1.87. The Morgan fingerprint density at radius 3 is 2.61 bits per heavy atom. The van der Waals surface area contributed by atoms with Crippen LogP contribution in [0.5, 0.6) is 0 Å². The smallest absolute Gasteiger partial charge is 0.335 e. The zero-order chi connectivity index (χ0) is 16.8. The number of carbonyl (C=O) groups is 1. The molecule has 1 aromatic carbocycles. The van der Waals surface area contributed by atoms with Gasteiger partial charge in [0.05, 0.1) is 17.7 Å². The van der Waals surface area contributed by atoms with E-state index in [1.807, 2.05) is 20.8 Å². The van der Waals surface area contributed by atoms with E-state index in [9.17, 15) is 4.79 Å². The topological polar surface area (TPSA) is 97.5 Å². The number of aromatic carboxylic acids is 1. The molecular formula is C16H21N3O4. The Kier molecular flexibility index (Phi) is 5.84. The quantitative estimate of drug-likeness (QED) is 0.771. The maximum absolute atomic E-state index is 10.8. The van der Waals surface area contributed by atoms with Crippen LogP contribution in [-0.4, -0.2) is 27.3 Å². The number of carboxylic acid groups (broad SMARTS) is 1. The van der Waals surface area contributed by atoms with Crippen LogP contribution in [-0.2, 0) is 17.9 Å². The highest BCUT2D eigenvalue weighted by Crippen LogP contribution is 2.11. The van der Waals surface area contributed by atoms with Gasteiger partial charge in [-0.05, 0) is 38.5 Å². The van der Waals surface area contributed by atoms with Crippen LogP contribution in [0.4, 0.5) is 0 Å². The molecule has 0 saturated carbocycles. The van der Waals surface area contributed by atoms with E-state index in [0.29, 0.717) is 24.9 Å². The molecule has 7 nitrogen and oxygen atoms in total. The molecule has 1 atom stereocenters. The lowest BCUT2D eigenvalue weighted by molar-refractivity contribution is 0.0485. The molecule has 0 amide bonds. The van der Waals surface area contributed by atoms with Gasteiger partial charge in [-0.3, -0.25) is 0 Å². The van der Waals surface area contributed by atoms with Crippen molar-refractivity contribution in [3.05, 3.63) is 47.1 Å². The van der Waals surface area contributed by atoms with Crippen LogP contribution in [0.25, 0.3) is 0 Å². The molecule has 1 heterocycles. The van der Waals surface area contributed by atoms with E-state index < -0.39 is 5.97 Å². The van der Waals surface area contributed by atoms with E-state index in [0.717, 1.165) is 5.56 Å². The van der Waals surface area contributed by atoms with Gasteiger partial charge >= 0.3 is 5.97 Å². The summed E-state index contributed by atoms with van der Waals surface area (Å²) >= 11 is 0. The monoisotopic (exact) mass is 319 g/mol. The van der Waals surface area contributed by atoms with Crippen molar-refractivity contribution in [3.8, 4) is 0 Å². The Hall–Kier alpha value is -2.25. The summed E-state index contributed by atoms with van der Waals surface area (Å²) in [7, 11) is 0. The summed E-state index contributed by atoms with van der Waals surface area (Å²) in [5, 5.41) is 16.1. The van der Waals surface area contributed by atoms with Crippen molar-refractivity contribution in [2.75, 3.05) is 0 Å². The van der Waals surface area contributed by atoms with Gasteiger partial charge in [-0.25, -0.2) is 4.79 Å². The fraction of sp³-hybridized carbons (Fsp3) is 0.438. The Bertz CT molecular complexity index is 637. The molecule has 0 aliphatic rings. The van der Waals surface area contributed by atoms with Crippen molar-refractivity contribution in [2.45, 2.75) is 46.1 Å². The van der Waals surface area contributed by atoms with Gasteiger partial charge in [-0.15, -0.1) is 0 Å². The highest BCUT2D eigenvalue weighted by molar-refractivity contribution is 5.87. The van der Waals surface area contributed by atoms with E-state index in [4.69, 9.17) is 14.4 Å². The summed E-state index contributed by atoms with van der Waals surface area (Å²) in [6.07, 6.45) is 0.106. The molecule has 0 saturated heterocycles. The summed E-state index contributed by atoms with van der Waals surface area (Å²) < 4.78 is 10.6. The minimum atomic E-state index is -0.930. The molecule has 1 unspecified atom stereocenters. The predicted octanol–water partition coefficient (Wildman–Crippen LogP) is 2.54. The number of aromatic nitrogens is 2. The Labute approximate surface area is 134 Å². The summed E-state index contributed by atoms with van der Waals surface area (Å²) in [4.78, 5) is 15.1. The zero-order valence-electron chi connectivity index (χ0n) is 13.4. The van der Waals surface area contributed by atoms with Crippen LogP contribution in [0.1, 0.15) is 54.4 Å². The van der Waals surface area contributed by atoms with E-state index >= 15 is 0 Å². The highest BCUT2D eigenvalue weighted by Gasteiger charge is 2.14. The first-order chi connectivity index (χ1) is 11.0. The van der Waals surface area contributed by atoms with Gasteiger partial charge in [0.15, 0.2) is 5.82 Å². The van der Waals surface area contributed by atoms with Crippen molar-refractivity contribution in [3.63, 3.8) is 0 Å². The van der Waals surface area contributed by atoms with Gasteiger partial charge in [0, 0.05) is 6.54 Å². The number of nitrogens with zero attached hydrogens (tertiary/aromatic N) is 2. The third-order valence-corrected chi connectivity index (χ3v) is 3.22. The molecule has 0 fully saturated rings. The predicted molar refractivity (Wildman–Crippen MR) is 82.9 cm³/mol. The van der Waals surface area contributed by atoms with Crippen molar-refractivity contribution in [2.24, 2.45) is 0 Å². The van der Waals surface area contributed by atoms with Gasteiger partial charge in [-0.2, -0.15) is 4.98 Å². The van der Waals surface area contributed by atoms with Gasteiger partial charge in [-0.1, -0.05) is 17.3 Å². The average Bonchev–Trinajstić information content (AvgIpc) is 3.00. The van der Waals surface area contributed by atoms with Crippen LogP contribution in [0.3, 0.4) is 0 Å². The molecule has 0 aliphatic heterocycles. The lowest BCUT2D eigenvalue weighted by Crippen LogP contribution is -2.19. The number of rotatable bonds is 8. The molecule has 7 heteroatoms. The number of ether oxygens (including phenoxy) is 1. The third-order valence-electron chi connectivity index (χ3n) is 3.22. The highest BCUT2D eigenvalue weighted by atomic mass is 16.5. The van der Waals surface area contributed by atoms with Crippen molar-refractivity contribution < 1.29 is 19.2 Å². The van der Waals surface area contributed by atoms with E-state index in [1.54, 1.807) is 24.3 Å². The maximum atomic E-state index is 10.8. The minimum absolute atomic E-state index is 0.0919. The second-order valence-electron chi connectivity index (χ2n) is 5.51. The van der Waals surface area contributed by atoms with Crippen LogP contribution in [0.2, 0.25) is 0 Å². The van der Waals surface area contributed by atoms with Crippen LogP contribution >= 0.6 is 0 Å². The molecule has 0 radical (unpaired) electrons. The van der Waals surface area contributed by atoms with Crippen LogP contribution in [0.15, 0.2) is 28.8 Å². The van der Waals surface area contributed by atoms with Gasteiger partial charge < -0.3 is 19.7 Å². The molecule has 2 rings (SSSR count). The van der Waals surface area contributed by atoms with Gasteiger partial charge in [0.2, 0.25) is 0 Å². The first kappa shape index (κ1) is 17.1. The molecule has 0 aliphatic carbocycles. The number of hydrogen-bond donors (Lipinski definition) is 2. The first-order valence-electron chi connectivity index (χ1n) is 7.45. The number of hydrogen-bond acceptors (Lipinski definition) is 6. The molecule has 23 heavy (non-hydrogen) atoms. The van der Waals surface area contributed by atoms with Crippen molar-refractivity contribution in [1.29, 1.82) is 0 Å². The first-order valence-corrected chi connectivity index (χ1v) is 7.45. The molecule has 2 N–H and O–H groups in total. The summed E-state index contributed by atoms with van der Waals surface area (Å²) in [6, 6.07) is 6.63. The second kappa shape index (κ2) is 7.85. The number of carboxylic acids is 1. The van der Waals surface area contributed by atoms with Gasteiger partial charge in [0.25, 0.3) is 5.89 Å². The summed E-state index contributed by atoms with van der Waals surface area (Å²) in [5.41, 5.74) is 1.25. The molecule has 0 bridgehead atoms. The van der Waals surface area contributed by atoms with Crippen LogP contribution in [0, 0.1) is 0 Å². The maximum Gasteiger partial charge on any atom is 0.335 e. The Morgan fingerprint density at radius 1 is 1.30 bits per heavy atom. The Balaban J connectivity index is 1.86. The number of benzene rings is 1. The lowest BCUT2D eigenvalue weighted by Gasteiger charge is -2.10. The third kappa shape index (κ3) is 5.15. The van der Waals surface area contributed by atoms with E-state index in [-0.39, 0.29) is 17.7 Å². The SMILES string of the molecule is CC(C)OCc1nc(C(C)NCc2ccc(C(=O)O)cc2)no1. The van der Waals surface area contributed by atoms with Gasteiger partial charge in [0.1, 0.15) is 6.61 Å². The van der Waals surface area contributed by atoms with E-state index in [1.165, 1.54) is 0 Å². The average molecular weight is 319 g/mol. The zero-order valence-corrected chi connectivity index (χ0v) is 13.4. The van der Waals surface area contributed by atoms with E-state index in [2.05, 4.69) is 15.5 Å². The normalized spacial score (nSPS) is 12.5. The summed E-state index contributed by atoms with van der Waals surface area (Å²) in [6.45, 7) is 6.69. The Morgan fingerprint density at radius 2 is 2.00 bits per heavy atom. The minimum Gasteiger partial charge on any atom is -0.478 e. The van der Waals surface area contributed by atoms with Crippen molar-refractivity contribution >= 4 is 5.97 Å². The largest absolute Gasteiger partial charge is 0.478 e.